The van der Waals surface area contributed by atoms with Crippen molar-refractivity contribution in [1.82, 2.24) is 9.97 Å². The molecule has 0 unspecified atom stereocenters. The van der Waals surface area contributed by atoms with Gasteiger partial charge < -0.3 is 11.1 Å². The van der Waals surface area contributed by atoms with Gasteiger partial charge in [0.15, 0.2) is 5.13 Å². The molecule has 1 amide bonds. The molecule has 6 heteroatoms. The third kappa shape index (κ3) is 2.42. The van der Waals surface area contributed by atoms with Gasteiger partial charge in [-0.1, -0.05) is 11.3 Å². The SMILES string of the molecule is Cc1ccncc1NC(=O)c1sc(N)nc1C. The Bertz CT molecular complexity index is 564. The number of aromatic nitrogens is 2. The van der Waals surface area contributed by atoms with E-state index in [0.717, 1.165) is 5.56 Å². The average molecular weight is 248 g/mol. The van der Waals surface area contributed by atoms with E-state index < -0.39 is 0 Å². The Balaban J connectivity index is 2.23. The van der Waals surface area contributed by atoms with E-state index >= 15 is 0 Å². The molecule has 17 heavy (non-hydrogen) atoms. The molecule has 0 aliphatic carbocycles. The zero-order valence-electron chi connectivity index (χ0n) is 9.52. The Morgan fingerprint density at radius 1 is 1.47 bits per heavy atom. The fourth-order valence-corrected chi connectivity index (χ4v) is 2.13. The molecular formula is C11H12N4OS. The number of thiazole rings is 1. The quantitative estimate of drug-likeness (QED) is 0.851. The van der Waals surface area contributed by atoms with Gasteiger partial charge in [-0.3, -0.25) is 9.78 Å². The third-order valence-corrected chi connectivity index (χ3v) is 3.29. The summed E-state index contributed by atoms with van der Waals surface area (Å²) in [5.41, 5.74) is 7.86. The Morgan fingerprint density at radius 3 is 2.82 bits per heavy atom. The zero-order valence-corrected chi connectivity index (χ0v) is 10.3. The highest BCUT2D eigenvalue weighted by molar-refractivity contribution is 7.17. The summed E-state index contributed by atoms with van der Waals surface area (Å²) in [5, 5.41) is 3.19. The number of nitrogens with zero attached hydrogens (tertiary/aromatic N) is 2. The van der Waals surface area contributed by atoms with Gasteiger partial charge in [-0.25, -0.2) is 4.98 Å². The first-order valence-corrected chi connectivity index (χ1v) is 5.84. The standard InChI is InChI=1S/C11H12N4OS/c1-6-3-4-13-5-8(6)15-10(16)9-7(2)14-11(12)17-9/h3-5H,1-2H3,(H2,12,14)(H,15,16). The van der Waals surface area contributed by atoms with Crippen LogP contribution in [0.4, 0.5) is 10.8 Å². The normalized spacial score (nSPS) is 10.2. The average Bonchev–Trinajstić information content (AvgIpc) is 2.61. The van der Waals surface area contributed by atoms with Gasteiger partial charge in [-0.2, -0.15) is 0 Å². The van der Waals surface area contributed by atoms with Gasteiger partial charge >= 0.3 is 0 Å². The second kappa shape index (κ2) is 4.50. The van der Waals surface area contributed by atoms with E-state index in [1.54, 1.807) is 19.3 Å². The van der Waals surface area contributed by atoms with E-state index in [1.165, 1.54) is 11.3 Å². The van der Waals surface area contributed by atoms with Crippen molar-refractivity contribution in [2.45, 2.75) is 13.8 Å². The van der Waals surface area contributed by atoms with E-state index in [1.807, 2.05) is 13.0 Å². The summed E-state index contributed by atoms with van der Waals surface area (Å²) in [6.07, 6.45) is 3.30. The number of nitrogens with one attached hydrogen (secondary N) is 1. The van der Waals surface area contributed by atoms with Crippen LogP contribution in [0.25, 0.3) is 0 Å². The molecule has 5 nitrogen and oxygen atoms in total. The summed E-state index contributed by atoms with van der Waals surface area (Å²) < 4.78 is 0. The van der Waals surface area contributed by atoms with Crippen molar-refractivity contribution in [2.24, 2.45) is 0 Å². The smallest absolute Gasteiger partial charge is 0.267 e. The summed E-state index contributed by atoms with van der Waals surface area (Å²) in [5.74, 6) is -0.201. The predicted octanol–water partition coefficient (Wildman–Crippen LogP) is 1.99. The minimum absolute atomic E-state index is 0.201. The minimum Gasteiger partial charge on any atom is -0.375 e. The third-order valence-electron chi connectivity index (χ3n) is 2.31. The molecule has 0 saturated carbocycles. The van der Waals surface area contributed by atoms with Crippen molar-refractivity contribution in [3.05, 3.63) is 34.6 Å². The minimum atomic E-state index is -0.201. The maximum Gasteiger partial charge on any atom is 0.267 e. The van der Waals surface area contributed by atoms with Crippen LogP contribution in [0.5, 0.6) is 0 Å². The van der Waals surface area contributed by atoms with Crippen LogP contribution in [-0.4, -0.2) is 15.9 Å². The van der Waals surface area contributed by atoms with Crippen LogP contribution >= 0.6 is 11.3 Å². The molecule has 0 radical (unpaired) electrons. The lowest BCUT2D eigenvalue weighted by atomic mass is 10.2. The van der Waals surface area contributed by atoms with Crippen molar-refractivity contribution in [2.75, 3.05) is 11.1 Å². The van der Waals surface area contributed by atoms with Crippen molar-refractivity contribution in [3.63, 3.8) is 0 Å². The molecule has 3 N–H and O–H groups in total. The lowest BCUT2D eigenvalue weighted by Crippen LogP contribution is -2.12. The van der Waals surface area contributed by atoms with E-state index in [9.17, 15) is 4.79 Å². The number of hydrogen-bond donors (Lipinski definition) is 2. The summed E-state index contributed by atoms with van der Waals surface area (Å²) >= 11 is 1.18. The van der Waals surface area contributed by atoms with Crippen molar-refractivity contribution in [1.29, 1.82) is 0 Å². The summed E-state index contributed by atoms with van der Waals surface area (Å²) in [6.45, 7) is 3.67. The lowest BCUT2D eigenvalue weighted by molar-refractivity contribution is 0.102. The predicted molar refractivity (Wildman–Crippen MR) is 68.2 cm³/mol. The molecule has 0 aromatic carbocycles. The Morgan fingerprint density at radius 2 is 2.24 bits per heavy atom. The molecular weight excluding hydrogens is 236 g/mol. The number of pyridine rings is 1. The van der Waals surface area contributed by atoms with Gasteiger partial charge in [0.25, 0.3) is 5.91 Å². The van der Waals surface area contributed by atoms with Crippen LogP contribution < -0.4 is 11.1 Å². The largest absolute Gasteiger partial charge is 0.375 e. The molecule has 0 fully saturated rings. The highest BCUT2D eigenvalue weighted by atomic mass is 32.1. The number of nitrogen functional groups attached to an aromatic ring is 1. The van der Waals surface area contributed by atoms with Gasteiger partial charge in [0.1, 0.15) is 4.88 Å². The molecule has 0 aliphatic heterocycles. The van der Waals surface area contributed by atoms with Crippen LogP contribution in [0.2, 0.25) is 0 Å². The summed E-state index contributed by atoms with van der Waals surface area (Å²) in [6, 6.07) is 1.84. The fraction of sp³-hybridized carbons (Fsp3) is 0.182. The molecule has 0 spiro atoms. The summed E-state index contributed by atoms with van der Waals surface area (Å²) in [4.78, 5) is 20.5. The van der Waals surface area contributed by atoms with Gasteiger partial charge in [0.2, 0.25) is 0 Å². The van der Waals surface area contributed by atoms with Crippen molar-refractivity contribution >= 4 is 28.1 Å². The molecule has 2 heterocycles. The number of carbonyl (C=O) groups excluding carboxylic acids is 1. The number of rotatable bonds is 2. The van der Waals surface area contributed by atoms with Crippen LogP contribution in [0, 0.1) is 13.8 Å². The number of amides is 1. The Kier molecular flexibility index (Phi) is 3.06. The number of nitrogens with two attached hydrogens (primary N) is 1. The number of anilines is 2. The molecule has 0 aliphatic rings. The number of carbonyl (C=O) groups is 1. The summed E-state index contributed by atoms with van der Waals surface area (Å²) in [7, 11) is 0. The molecule has 2 aromatic heterocycles. The second-order valence-corrected chi connectivity index (χ2v) is 4.64. The van der Waals surface area contributed by atoms with E-state index in [0.29, 0.717) is 21.4 Å². The topological polar surface area (TPSA) is 80.9 Å². The fourth-order valence-electron chi connectivity index (χ4n) is 1.40. The molecule has 0 saturated heterocycles. The van der Waals surface area contributed by atoms with Gasteiger partial charge in [0, 0.05) is 6.20 Å². The molecule has 88 valence electrons. The van der Waals surface area contributed by atoms with Crippen molar-refractivity contribution < 1.29 is 4.79 Å². The Hall–Kier alpha value is -1.95. The molecule has 0 bridgehead atoms. The van der Waals surface area contributed by atoms with Crippen LogP contribution in [0.15, 0.2) is 18.5 Å². The van der Waals surface area contributed by atoms with Gasteiger partial charge in [0.05, 0.1) is 17.6 Å². The van der Waals surface area contributed by atoms with E-state index in [2.05, 4.69) is 15.3 Å². The van der Waals surface area contributed by atoms with Crippen molar-refractivity contribution in [3.8, 4) is 0 Å². The maximum absolute atomic E-state index is 12.0. The van der Waals surface area contributed by atoms with Crippen LogP contribution in [-0.2, 0) is 0 Å². The highest BCUT2D eigenvalue weighted by Crippen LogP contribution is 2.21. The lowest BCUT2D eigenvalue weighted by Gasteiger charge is -2.06. The Labute approximate surface area is 103 Å². The van der Waals surface area contributed by atoms with E-state index in [4.69, 9.17) is 5.73 Å². The number of aryl methyl sites for hydroxylation is 2. The first kappa shape index (κ1) is 11.5. The monoisotopic (exact) mass is 248 g/mol. The van der Waals surface area contributed by atoms with Crippen LogP contribution in [0.1, 0.15) is 20.9 Å². The molecule has 2 rings (SSSR count). The number of hydrogen-bond acceptors (Lipinski definition) is 5. The zero-order chi connectivity index (χ0) is 12.4. The highest BCUT2D eigenvalue weighted by Gasteiger charge is 2.14. The first-order valence-electron chi connectivity index (χ1n) is 5.03. The van der Waals surface area contributed by atoms with E-state index in [-0.39, 0.29) is 5.91 Å². The second-order valence-electron chi connectivity index (χ2n) is 3.61. The van der Waals surface area contributed by atoms with Crippen LogP contribution in [0.3, 0.4) is 0 Å². The van der Waals surface area contributed by atoms with Gasteiger partial charge in [-0.15, -0.1) is 0 Å². The first-order chi connectivity index (χ1) is 8.08. The molecule has 2 aromatic rings. The molecule has 0 atom stereocenters. The maximum atomic E-state index is 12.0. The van der Waals surface area contributed by atoms with Gasteiger partial charge in [-0.05, 0) is 25.5 Å².